The lowest BCUT2D eigenvalue weighted by Gasteiger charge is -2.20. The summed E-state index contributed by atoms with van der Waals surface area (Å²) in [7, 11) is -3.71. The van der Waals surface area contributed by atoms with Crippen molar-refractivity contribution in [1.29, 1.82) is 0 Å². The number of nitrogens with one attached hydrogen (secondary N) is 1. The summed E-state index contributed by atoms with van der Waals surface area (Å²) in [5, 5.41) is 10.2. The molecule has 1 aliphatic heterocycles. The predicted molar refractivity (Wildman–Crippen MR) is 81.8 cm³/mol. The first kappa shape index (κ1) is 15.7. The minimum atomic E-state index is -3.71. The van der Waals surface area contributed by atoms with Crippen LogP contribution in [0, 0.1) is 0 Å². The molecule has 1 aromatic carbocycles. The summed E-state index contributed by atoms with van der Waals surface area (Å²) in [5.41, 5.74) is 0.545. The molecule has 0 fully saturated rings. The number of nitrogens with zero attached hydrogens (tertiary/aromatic N) is 1. The van der Waals surface area contributed by atoms with Crippen LogP contribution in [-0.4, -0.2) is 38.3 Å². The lowest BCUT2D eigenvalue weighted by atomic mass is 10.1. The normalized spacial score (nSPS) is 15.2. The Hall–Kier alpha value is -2.16. The number of hydrogen-bond donors (Lipinski definition) is 2. The van der Waals surface area contributed by atoms with Gasteiger partial charge < -0.3 is 14.6 Å². The maximum Gasteiger partial charge on any atom is 0.242 e. The number of pyridine rings is 1. The summed E-state index contributed by atoms with van der Waals surface area (Å²) in [6.07, 6.45) is 1.74. The van der Waals surface area contributed by atoms with E-state index in [1.807, 2.05) is 0 Å². The number of aliphatic hydroxyl groups excluding tert-OH is 1. The SMILES string of the molecule is O=S(=O)(NC[C@@H](O)c1ccc2c(c1)OCCO2)c1cccnc1. The van der Waals surface area contributed by atoms with Gasteiger partial charge in [0.05, 0.1) is 6.10 Å². The first-order valence-electron chi connectivity index (χ1n) is 7.03. The zero-order valence-electron chi connectivity index (χ0n) is 12.2. The Bertz CT molecular complexity index is 780. The van der Waals surface area contributed by atoms with E-state index < -0.39 is 16.1 Å². The zero-order chi connectivity index (χ0) is 16.3. The van der Waals surface area contributed by atoms with Gasteiger partial charge in [0.2, 0.25) is 10.0 Å². The highest BCUT2D eigenvalue weighted by atomic mass is 32.2. The van der Waals surface area contributed by atoms with Gasteiger partial charge in [0.1, 0.15) is 18.1 Å². The maximum atomic E-state index is 12.1. The monoisotopic (exact) mass is 336 g/mol. The first-order valence-corrected chi connectivity index (χ1v) is 8.52. The van der Waals surface area contributed by atoms with Crippen LogP contribution in [0.2, 0.25) is 0 Å². The predicted octanol–water partition coefficient (Wildman–Crippen LogP) is 0.865. The van der Waals surface area contributed by atoms with Gasteiger partial charge in [0.25, 0.3) is 0 Å². The van der Waals surface area contributed by atoms with Gasteiger partial charge in [-0.15, -0.1) is 0 Å². The van der Waals surface area contributed by atoms with E-state index >= 15 is 0 Å². The van der Waals surface area contributed by atoms with Gasteiger partial charge >= 0.3 is 0 Å². The Kier molecular flexibility index (Phi) is 4.46. The van der Waals surface area contributed by atoms with Gasteiger partial charge in [0.15, 0.2) is 11.5 Å². The van der Waals surface area contributed by atoms with Crippen molar-refractivity contribution in [1.82, 2.24) is 9.71 Å². The highest BCUT2D eigenvalue weighted by molar-refractivity contribution is 7.89. The van der Waals surface area contributed by atoms with Crippen molar-refractivity contribution < 1.29 is 23.0 Å². The number of fused-ring (bicyclic) bond motifs is 1. The Morgan fingerprint density at radius 2 is 2.00 bits per heavy atom. The Labute approximate surface area is 133 Å². The van der Waals surface area contributed by atoms with Crippen molar-refractivity contribution in [3.63, 3.8) is 0 Å². The van der Waals surface area contributed by atoms with E-state index in [2.05, 4.69) is 9.71 Å². The molecule has 0 saturated heterocycles. The van der Waals surface area contributed by atoms with Crippen LogP contribution < -0.4 is 14.2 Å². The van der Waals surface area contributed by atoms with E-state index in [4.69, 9.17) is 9.47 Å². The average Bonchev–Trinajstić information content (AvgIpc) is 2.60. The van der Waals surface area contributed by atoms with Crippen LogP contribution in [-0.2, 0) is 10.0 Å². The quantitative estimate of drug-likeness (QED) is 0.841. The number of rotatable bonds is 5. The molecule has 1 atom stereocenters. The number of sulfonamides is 1. The molecule has 0 spiro atoms. The Morgan fingerprint density at radius 3 is 2.74 bits per heavy atom. The zero-order valence-corrected chi connectivity index (χ0v) is 13.0. The highest BCUT2D eigenvalue weighted by Gasteiger charge is 2.19. The third-order valence-corrected chi connectivity index (χ3v) is 4.77. The Morgan fingerprint density at radius 1 is 1.22 bits per heavy atom. The minimum absolute atomic E-state index is 0.0503. The van der Waals surface area contributed by atoms with Crippen LogP contribution in [0.25, 0.3) is 0 Å². The van der Waals surface area contributed by atoms with Crippen LogP contribution in [0.3, 0.4) is 0 Å². The molecule has 0 amide bonds. The van der Waals surface area contributed by atoms with Crippen LogP contribution >= 0.6 is 0 Å². The van der Waals surface area contributed by atoms with Crippen LogP contribution in [0.1, 0.15) is 11.7 Å². The van der Waals surface area contributed by atoms with E-state index in [9.17, 15) is 13.5 Å². The van der Waals surface area contributed by atoms with Crippen molar-refractivity contribution >= 4 is 10.0 Å². The fourth-order valence-electron chi connectivity index (χ4n) is 2.16. The molecule has 7 nitrogen and oxygen atoms in total. The van der Waals surface area contributed by atoms with Crippen LogP contribution in [0.5, 0.6) is 11.5 Å². The molecule has 8 heteroatoms. The summed E-state index contributed by atoms with van der Waals surface area (Å²) < 4.78 is 37.4. The number of aromatic nitrogens is 1. The molecule has 2 N–H and O–H groups in total. The van der Waals surface area contributed by atoms with Crippen LogP contribution in [0.15, 0.2) is 47.6 Å². The number of hydrogen-bond acceptors (Lipinski definition) is 6. The average molecular weight is 336 g/mol. The second-order valence-corrected chi connectivity index (χ2v) is 6.73. The molecule has 1 aliphatic rings. The first-order chi connectivity index (χ1) is 11.1. The number of aliphatic hydroxyl groups is 1. The fourth-order valence-corrected chi connectivity index (χ4v) is 3.16. The van der Waals surface area contributed by atoms with E-state index in [0.29, 0.717) is 30.3 Å². The maximum absolute atomic E-state index is 12.1. The second-order valence-electron chi connectivity index (χ2n) is 4.96. The molecule has 0 saturated carbocycles. The van der Waals surface area contributed by atoms with Crippen LogP contribution in [0.4, 0.5) is 0 Å². The van der Waals surface area contributed by atoms with Crippen molar-refractivity contribution in [2.75, 3.05) is 19.8 Å². The molecule has 0 unspecified atom stereocenters. The largest absolute Gasteiger partial charge is 0.486 e. The number of ether oxygens (including phenoxy) is 2. The van der Waals surface area contributed by atoms with Crippen molar-refractivity contribution in [2.45, 2.75) is 11.0 Å². The fraction of sp³-hybridized carbons (Fsp3) is 0.267. The molecule has 122 valence electrons. The summed E-state index contributed by atoms with van der Waals surface area (Å²) >= 11 is 0. The van der Waals surface area contributed by atoms with Crippen molar-refractivity contribution in [3.8, 4) is 11.5 Å². The van der Waals surface area contributed by atoms with Crippen molar-refractivity contribution in [3.05, 3.63) is 48.3 Å². The molecular weight excluding hydrogens is 320 g/mol. The highest BCUT2D eigenvalue weighted by Crippen LogP contribution is 2.32. The molecule has 23 heavy (non-hydrogen) atoms. The lowest BCUT2D eigenvalue weighted by molar-refractivity contribution is 0.165. The summed E-state index contributed by atoms with van der Waals surface area (Å²) in [6, 6.07) is 7.99. The van der Waals surface area contributed by atoms with Gasteiger partial charge in [-0.1, -0.05) is 6.07 Å². The number of benzene rings is 1. The standard InChI is InChI=1S/C15H16N2O5S/c18-13(10-17-23(19,20)12-2-1-5-16-9-12)11-3-4-14-15(8-11)22-7-6-21-14/h1-5,8-9,13,17-18H,6-7,10H2/t13-/m1/s1. The van der Waals surface area contributed by atoms with Gasteiger partial charge in [-0.05, 0) is 29.8 Å². The van der Waals surface area contributed by atoms with Crippen molar-refractivity contribution in [2.24, 2.45) is 0 Å². The molecule has 2 aromatic rings. The summed E-state index contributed by atoms with van der Waals surface area (Å²) in [5.74, 6) is 1.16. The molecule has 0 radical (unpaired) electrons. The van der Waals surface area contributed by atoms with Gasteiger partial charge in [-0.2, -0.15) is 0 Å². The minimum Gasteiger partial charge on any atom is -0.486 e. The molecular formula is C15H16N2O5S. The molecule has 0 aliphatic carbocycles. The summed E-state index contributed by atoms with van der Waals surface area (Å²) in [6.45, 7) is 0.775. The third kappa shape index (κ3) is 3.61. The second kappa shape index (κ2) is 6.53. The van der Waals surface area contributed by atoms with Gasteiger partial charge in [-0.3, -0.25) is 4.98 Å². The van der Waals surface area contributed by atoms with Gasteiger partial charge in [0, 0.05) is 18.9 Å². The van der Waals surface area contributed by atoms with Gasteiger partial charge in [-0.25, -0.2) is 13.1 Å². The van der Waals surface area contributed by atoms with E-state index in [1.54, 1.807) is 18.2 Å². The summed E-state index contributed by atoms with van der Waals surface area (Å²) in [4.78, 5) is 3.82. The molecule has 3 rings (SSSR count). The lowest BCUT2D eigenvalue weighted by Crippen LogP contribution is -2.28. The smallest absolute Gasteiger partial charge is 0.242 e. The topological polar surface area (TPSA) is 97.8 Å². The Balaban J connectivity index is 1.69. The van der Waals surface area contributed by atoms with E-state index in [1.165, 1.54) is 24.5 Å². The van der Waals surface area contributed by atoms with E-state index in [0.717, 1.165) is 0 Å². The molecule has 1 aromatic heterocycles. The van der Waals surface area contributed by atoms with E-state index in [-0.39, 0.29) is 11.4 Å². The molecule has 2 heterocycles. The third-order valence-electron chi connectivity index (χ3n) is 3.36. The molecule has 0 bridgehead atoms.